The van der Waals surface area contributed by atoms with E-state index in [1.54, 1.807) is 66.7 Å². The zero-order valence-corrected chi connectivity index (χ0v) is 19.6. The molecule has 1 amide bonds. The number of amides is 1. The number of sulfonamides is 1. The average Bonchev–Trinajstić information content (AvgIpc) is 2.79. The van der Waals surface area contributed by atoms with Gasteiger partial charge in [0.15, 0.2) is 0 Å². The minimum absolute atomic E-state index is 0.0238. The van der Waals surface area contributed by atoms with Gasteiger partial charge in [0, 0.05) is 31.2 Å². The number of halogens is 2. The van der Waals surface area contributed by atoms with Gasteiger partial charge in [0.2, 0.25) is 10.0 Å². The zero-order valence-electron chi connectivity index (χ0n) is 18.0. The Balaban J connectivity index is 1.75. The van der Waals surface area contributed by atoms with Crippen LogP contribution in [0, 0.1) is 0 Å². The number of anilines is 2. The molecule has 10 heteroatoms. The quantitative estimate of drug-likeness (QED) is 0.415. The molecule has 0 radical (unpaired) electrons. The first kappa shape index (κ1) is 24.7. The molecule has 0 saturated carbocycles. The SMILES string of the molecule is CN(C)S(=O)(=O)c1ccccc1CNC(=O)c1ccccc1Nc1ccc(SC(F)F)cc1. The van der Waals surface area contributed by atoms with Crippen LogP contribution in [0.2, 0.25) is 0 Å². The van der Waals surface area contributed by atoms with Gasteiger partial charge in [-0.15, -0.1) is 0 Å². The Morgan fingerprint density at radius 3 is 2.27 bits per heavy atom. The van der Waals surface area contributed by atoms with Gasteiger partial charge in [-0.2, -0.15) is 8.78 Å². The van der Waals surface area contributed by atoms with E-state index in [9.17, 15) is 22.0 Å². The molecule has 0 saturated heterocycles. The van der Waals surface area contributed by atoms with Gasteiger partial charge in [0.25, 0.3) is 11.7 Å². The van der Waals surface area contributed by atoms with E-state index in [0.717, 1.165) is 4.31 Å². The smallest absolute Gasteiger partial charge is 0.288 e. The summed E-state index contributed by atoms with van der Waals surface area (Å²) < 4.78 is 51.3. The molecule has 0 aliphatic carbocycles. The first-order valence-corrected chi connectivity index (χ1v) is 12.2. The second-order valence-electron chi connectivity index (χ2n) is 7.15. The van der Waals surface area contributed by atoms with Crippen molar-refractivity contribution in [2.45, 2.75) is 22.1 Å². The molecule has 33 heavy (non-hydrogen) atoms. The second kappa shape index (κ2) is 10.8. The lowest BCUT2D eigenvalue weighted by Gasteiger charge is -2.16. The number of para-hydroxylation sites is 1. The van der Waals surface area contributed by atoms with E-state index in [1.807, 2.05) is 0 Å². The number of nitrogens with zero attached hydrogens (tertiary/aromatic N) is 1. The number of nitrogens with one attached hydrogen (secondary N) is 2. The third-order valence-electron chi connectivity index (χ3n) is 4.70. The fraction of sp³-hybridized carbons (Fsp3) is 0.174. The number of carbonyl (C=O) groups is 1. The van der Waals surface area contributed by atoms with Gasteiger partial charge in [-0.1, -0.05) is 42.1 Å². The highest BCUT2D eigenvalue weighted by molar-refractivity contribution is 7.99. The lowest BCUT2D eigenvalue weighted by Crippen LogP contribution is -2.27. The summed E-state index contributed by atoms with van der Waals surface area (Å²) in [7, 11) is -0.760. The van der Waals surface area contributed by atoms with Crippen molar-refractivity contribution in [2.24, 2.45) is 0 Å². The Labute approximate surface area is 196 Å². The van der Waals surface area contributed by atoms with Crippen LogP contribution >= 0.6 is 11.8 Å². The number of alkyl halides is 2. The van der Waals surface area contributed by atoms with Crippen molar-refractivity contribution in [3.8, 4) is 0 Å². The normalized spacial score (nSPS) is 11.6. The predicted octanol–water partition coefficient (Wildman–Crippen LogP) is 4.93. The third kappa shape index (κ3) is 6.31. The van der Waals surface area contributed by atoms with Crippen LogP contribution in [-0.2, 0) is 16.6 Å². The van der Waals surface area contributed by atoms with Crippen molar-refractivity contribution in [3.63, 3.8) is 0 Å². The largest absolute Gasteiger partial charge is 0.355 e. The molecule has 0 aromatic heterocycles. The van der Waals surface area contributed by atoms with Gasteiger partial charge in [0.05, 0.1) is 16.1 Å². The van der Waals surface area contributed by atoms with E-state index in [0.29, 0.717) is 39.2 Å². The van der Waals surface area contributed by atoms with E-state index >= 15 is 0 Å². The molecule has 174 valence electrons. The lowest BCUT2D eigenvalue weighted by molar-refractivity contribution is 0.0951. The summed E-state index contributed by atoms with van der Waals surface area (Å²) in [6, 6.07) is 19.8. The molecule has 0 aliphatic heterocycles. The van der Waals surface area contributed by atoms with Gasteiger partial charge in [0.1, 0.15) is 0 Å². The van der Waals surface area contributed by atoms with E-state index in [4.69, 9.17) is 0 Å². The second-order valence-corrected chi connectivity index (χ2v) is 10.3. The summed E-state index contributed by atoms with van der Waals surface area (Å²) in [5.41, 5.74) is 1.99. The van der Waals surface area contributed by atoms with Crippen LogP contribution in [0.15, 0.2) is 82.6 Å². The standard InChI is InChI=1S/C23H23F2N3O3S2/c1-28(2)33(30,31)21-10-6-3-7-16(21)15-26-22(29)19-8-4-5-9-20(19)27-17-11-13-18(14-12-17)32-23(24)25/h3-14,23,27H,15H2,1-2H3,(H,26,29). The number of hydrogen-bond donors (Lipinski definition) is 2. The Kier molecular flexibility index (Phi) is 8.06. The van der Waals surface area contributed by atoms with Gasteiger partial charge < -0.3 is 10.6 Å². The van der Waals surface area contributed by atoms with Crippen LogP contribution in [0.4, 0.5) is 20.2 Å². The van der Waals surface area contributed by atoms with Gasteiger partial charge in [-0.05, 0) is 48.0 Å². The molecular weight excluding hydrogens is 468 g/mol. The van der Waals surface area contributed by atoms with E-state index in [2.05, 4.69) is 10.6 Å². The van der Waals surface area contributed by atoms with Crippen molar-refractivity contribution >= 4 is 39.1 Å². The molecule has 0 heterocycles. The van der Waals surface area contributed by atoms with Crippen LogP contribution in [0.25, 0.3) is 0 Å². The summed E-state index contributed by atoms with van der Waals surface area (Å²) in [6.07, 6.45) is 0. The molecule has 0 spiro atoms. The third-order valence-corrected chi connectivity index (χ3v) is 7.34. The molecule has 0 unspecified atom stereocenters. The Hall–Kier alpha value is -2.95. The van der Waals surface area contributed by atoms with Crippen molar-refractivity contribution < 1.29 is 22.0 Å². The van der Waals surface area contributed by atoms with Crippen molar-refractivity contribution in [2.75, 3.05) is 19.4 Å². The number of hydrogen-bond acceptors (Lipinski definition) is 5. The van der Waals surface area contributed by atoms with Gasteiger partial charge >= 0.3 is 0 Å². The number of thioether (sulfide) groups is 1. The summed E-state index contributed by atoms with van der Waals surface area (Å²) in [5.74, 6) is -2.88. The summed E-state index contributed by atoms with van der Waals surface area (Å²) in [4.78, 5) is 13.5. The maximum atomic E-state index is 12.9. The molecule has 0 fully saturated rings. The average molecular weight is 492 g/mol. The highest BCUT2D eigenvalue weighted by Gasteiger charge is 2.21. The van der Waals surface area contributed by atoms with E-state index in [-0.39, 0.29) is 17.3 Å². The van der Waals surface area contributed by atoms with Crippen LogP contribution in [0.5, 0.6) is 0 Å². The minimum Gasteiger partial charge on any atom is -0.355 e. The highest BCUT2D eigenvalue weighted by atomic mass is 32.2. The van der Waals surface area contributed by atoms with Crippen LogP contribution in [-0.4, -0.2) is 38.5 Å². The molecule has 6 nitrogen and oxygen atoms in total. The maximum absolute atomic E-state index is 12.9. The first-order chi connectivity index (χ1) is 15.7. The molecule has 3 rings (SSSR count). The molecule has 3 aromatic rings. The minimum atomic E-state index is -3.66. The predicted molar refractivity (Wildman–Crippen MR) is 127 cm³/mol. The number of benzene rings is 3. The van der Waals surface area contributed by atoms with Crippen LogP contribution < -0.4 is 10.6 Å². The fourth-order valence-corrected chi connectivity index (χ4v) is 4.65. The molecule has 0 aliphatic rings. The van der Waals surface area contributed by atoms with E-state index < -0.39 is 15.8 Å². The Morgan fingerprint density at radius 1 is 0.970 bits per heavy atom. The highest BCUT2D eigenvalue weighted by Crippen LogP contribution is 2.28. The lowest BCUT2D eigenvalue weighted by atomic mass is 10.1. The summed E-state index contributed by atoms with van der Waals surface area (Å²) in [6.45, 7) is 0.0238. The summed E-state index contributed by atoms with van der Waals surface area (Å²) in [5, 5.41) is 5.90. The topological polar surface area (TPSA) is 78.5 Å². The van der Waals surface area contributed by atoms with E-state index in [1.165, 1.54) is 20.2 Å². The van der Waals surface area contributed by atoms with Crippen molar-refractivity contribution in [3.05, 3.63) is 83.9 Å². The molecule has 3 aromatic carbocycles. The molecule has 0 bridgehead atoms. The first-order valence-electron chi connectivity index (χ1n) is 9.88. The van der Waals surface area contributed by atoms with Crippen molar-refractivity contribution in [1.29, 1.82) is 0 Å². The molecular formula is C23H23F2N3O3S2. The zero-order chi connectivity index (χ0) is 24.0. The monoisotopic (exact) mass is 491 g/mol. The molecule has 0 atom stereocenters. The Morgan fingerprint density at radius 2 is 1.61 bits per heavy atom. The van der Waals surface area contributed by atoms with Crippen LogP contribution in [0.3, 0.4) is 0 Å². The van der Waals surface area contributed by atoms with Crippen molar-refractivity contribution in [1.82, 2.24) is 9.62 Å². The Bertz CT molecular complexity index is 1220. The fourth-order valence-electron chi connectivity index (χ4n) is 3.03. The number of carbonyl (C=O) groups excluding carboxylic acids is 1. The maximum Gasteiger partial charge on any atom is 0.288 e. The number of rotatable bonds is 9. The summed E-state index contributed by atoms with van der Waals surface area (Å²) >= 11 is 0.459. The van der Waals surface area contributed by atoms with Gasteiger partial charge in [-0.25, -0.2) is 12.7 Å². The van der Waals surface area contributed by atoms with Gasteiger partial charge in [-0.3, -0.25) is 4.79 Å². The van der Waals surface area contributed by atoms with Crippen LogP contribution in [0.1, 0.15) is 15.9 Å². The molecule has 2 N–H and O–H groups in total.